The van der Waals surface area contributed by atoms with Gasteiger partial charge in [0.25, 0.3) is 5.91 Å². The summed E-state index contributed by atoms with van der Waals surface area (Å²) >= 11 is 5.60. The Morgan fingerprint density at radius 1 is 1.03 bits per heavy atom. The van der Waals surface area contributed by atoms with Crippen LogP contribution in [0.2, 0.25) is 0 Å². The van der Waals surface area contributed by atoms with E-state index in [0.29, 0.717) is 12.4 Å². The molecule has 0 aromatic heterocycles. The number of benzene rings is 2. The van der Waals surface area contributed by atoms with E-state index in [2.05, 4.69) is 58.7 Å². The molecule has 2 aromatic rings. The summed E-state index contributed by atoms with van der Waals surface area (Å²) in [6, 6.07) is 23.2. The molecule has 0 saturated carbocycles. The molecule has 5 nitrogen and oxygen atoms in total. The van der Waals surface area contributed by atoms with E-state index in [1.807, 2.05) is 23.1 Å². The van der Waals surface area contributed by atoms with E-state index < -0.39 is 0 Å². The number of carbonyl (C=O) groups excluding carboxylic acids is 1. The topological polar surface area (TPSA) is 59.4 Å². The fourth-order valence-corrected chi connectivity index (χ4v) is 3.68. The van der Waals surface area contributed by atoms with Crippen LogP contribution < -0.4 is 5.32 Å². The molecule has 0 atom stereocenters. The second-order valence-electron chi connectivity index (χ2n) is 6.90. The zero-order chi connectivity index (χ0) is 20.5. The fourth-order valence-electron chi connectivity index (χ4n) is 3.59. The molecule has 2 aromatic carbocycles. The molecule has 1 heterocycles. The summed E-state index contributed by atoms with van der Waals surface area (Å²) < 4.78 is 0. The van der Waals surface area contributed by atoms with Gasteiger partial charge in [-0.25, -0.2) is 0 Å². The van der Waals surface area contributed by atoms with Gasteiger partial charge in [-0.15, -0.1) is 11.6 Å². The molecule has 1 amide bonds. The molecule has 0 spiro atoms. The Labute approximate surface area is 177 Å². The molecule has 0 aliphatic carbocycles. The number of rotatable bonds is 7. The molecular formula is C23H25ClN4O. The Hall–Kier alpha value is -2.81. The van der Waals surface area contributed by atoms with Gasteiger partial charge in [0.15, 0.2) is 0 Å². The minimum absolute atomic E-state index is 0.117. The maximum Gasteiger partial charge on any atom is 0.263 e. The number of piperazine rings is 1. The first-order valence-electron chi connectivity index (χ1n) is 9.77. The first-order valence-corrected chi connectivity index (χ1v) is 10.3. The van der Waals surface area contributed by atoms with Crippen LogP contribution in [0.25, 0.3) is 0 Å². The van der Waals surface area contributed by atoms with Gasteiger partial charge in [-0.05, 0) is 11.1 Å². The van der Waals surface area contributed by atoms with Gasteiger partial charge < -0.3 is 10.2 Å². The van der Waals surface area contributed by atoms with Crippen molar-refractivity contribution in [1.29, 1.82) is 5.26 Å². The van der Waals surface area contributed by atoms with Crippen LogP contribution in [-0.4, -0.2) is 54.3 Å². The van der Waals surface area contributed by atoms with Crippen molar-refractivity contribution < 1.29 is 4.79 Å². The van der Waals surface area contributed by atoms with E-state index in [9.17, 15) is 10.1 Å². The summed E-state index contributed by atoms with van der Waals surface area (Å²) in [6.07, 6.45) is 1.67. The van der Waals surface area contributed by atoms with Crippen molar-refractivity contribution in [2.24, 2.45) is 0 Å². The van der Waals surface area contributed by atoms with Crippen molar-refractivity contribution in [3.8, 4) is 6.07 Å². The minimum atomic E-state index is -0.373. The predicted octanol–water partition coefficient (Wildman–Crippen LogP) is 3.16. The van der Waals surface area contributed by atoms with E-state index in [1.54, 1.807) is 6.20 Å². The second-order valence-corrected chi connectivity index (χ2v) is 7.27. The van der Waals surface area contributed by atoms with E-state index in [-0.39, 0.29) is 17.5 Å². The third-order valence-electron chi connectivity index (χ3n) is 5.00. The summed E-state index contributed by atoms with van der Waals surface area (Å²) in [5.41, 5.74) is 2.65. The summed E-state index contributed by atoms with van der Waals surface area (Å²) in [6.45, 7) is 3.54. The van der Waals surface area contributed by atoms with Crippen LogP contribution >= 0.6 is 11.6 Å². The fraction of sp³-hybridized carbons (Fsp3) is 0.304. The van der Waals surface area contributed by atoms with Crippen molar-refractivity contribution >= 4 is 17.5 Å². The van der Waals surface area contributed by atoms with Crippen LogP contribution in [0, 0.1) is 11.3 Å². The summed E-state index contributed by atoms with van der Waals surface area (Å²) in [4.78, 5) is 16.5. The van der Waals surface area contributed by atoms with Crippen LogP contribution in [0.15, 0.2) is 72.4 Å². The number of hydrogen-bond donors (Lipinski definition) is 1. The Morgan fingerprint density at radius 2 is 1.59 bits per heavy atom. The number of nitriles is 1. The van der Waals surface area contributed by atoms with E-state index in [4.69, 9.17) is 11.6 Å². The Morgan fingerprint density at radius 3 is 2.07 bits per heavy atom. The number of halogens is 1. The van der Waals surface area contributed by atoms with E-state index in [1.165, 1.54) is 11.1 Å². The maximum absolute atomic E-state index is 12.1. The first-order chi connectivity index (χ1) is 14.2. The number of alkyl halides is 1. The van der Waals surface area contributed by atoms with Crippen LogP contribution in [0.5, 0.6) is 0 Å². The highest BCUT2D eigenvalue weighted by Crippen LogP contribution is 2.29. The highest BCUT2D eigenvalue weighted by atomic mass is 35.5. The lowest BCUT2D eigenvalue weighted by molar-refractivity contribution is -0.117. The zero-order valence-corrected chi connectivity index (χ0v) is 17.1. The van der Waals surface area contributed by atoms with Gasteiger partial charge in [-0.2, -0.15) is 5.26 Å². The maximum atomic E-state index is 12.1. The standard InChI is InChI=1S/C23H25ClN4O/c24-11-12-26-23(29)21(17-25)18-27-13-15-28(16-14-27)22(19-7-3-1-4-8-19)20-9-5-2-6-10-20/h1-10,18,22H,11-16H2,(H,26,29)/b21-18-. The quantitative estimate of drug-likeness (QED) is 0.434. The number of amides is 1. The van der Waals surface area contributed by atoms with Gasteiger partial charge in [-0.3, -0.25) is 9.69 Å². The van der Waals surface area contributed by atoms with Crippen LogP contribution in [0.4, 0.5) is 0 Å². The van der Waals surface area contributed by atoms with Crippen molar-refractivity contribution in [3.05, 3.63) is 83.6 Å². The molecule has 0 radical (unpaired) electrons. The smallest absolute Gasteiger partial charge is 0.263 e. The van der Waals surface area contributed by atoms with Crippen molar-refractivity contribution in [2.45, 2.75) is 6.04 Å². The van der Waals surface area contributed by atoms with Gasteiger partial charge in [0.1, 0.15) is 11.6 Å². The largest absolute Gasteiger partial charge is 0.374 e. The first kappa shape index (κ1) is 20.9. The SMILES string of the molecule is N#C/C(=C/N1CCN(C(c2ccccc2)c2ccccc2)CC1)C(=O)NCCCl. The number of nitrogens with zero attached hydrogens (tertiary/aromatic N) is 3. The van der Waals surface area contributed by atoms with Gasteiger partial charge in [0.05, 0.1) is 6.04 Å². The van der Waals surface area contributed by atoms with E-state index >= 15 is 0 Å². The Kier molecular flexibility index (Phi) is 7.69. The second kappa shape index (κ2) is 10.7. The minimum Gasteiger partial charge on any atom is -0.374 e. The molecule has 6 heteroatoms. The molecule has 1 fully saturated rings. The molecule has 1 N–H and O–H groups in total. The average Bonchev–Trinajstić information content (AvgIpc) is 2.78. The molecule has 150 valence electrons. The van der Waals surface area contributed by atoms with Gasteiger partial charge in [-0.1, -0.05) is 60.7 Å². The van der Waals surface area contributed by atoms with Crippen LogP contribution in [0.3, 0.4) is 0 Å². The highest BCUT2D eigenvalue weighted by Gasteiger charge is 2.26. The number of nitrogens with one attached hydrogen (secondary N) is 1. The predicted molar refractivity (Wildman–Crippen MR) is 115 cm³/mol. The number of hydrogen-bond acceptors (Lipinski definition) is 4. The third-order valence-corrected chi connectivity index (χ3v) is 5.19. The summed E-state index contributed by atoms with van der Waals surface area (Å²) in [5, 5.41) is 12.0. The van der Waals surface area contributed by atoms with Crippen molar-refractivity contribution in [3.63, 3.8) is 0 Å². The third kappa shape index (κ3) is 5.60. The zero-order valence-electron chi connectivity index (χ0n) is 16.3. The summed E-state index contributed by atoms with van der Waals surface area (Å²) in [5.74, 6) is -0.0502. The Balaban J connectivity index is 1.71. The van der Waals surface area contributed by atoms with Crippen LogP contribution in [-0.2, 0) is 4.79 Å². The monoisotopic (exact) mass is 408 g/mol. The lowest BCUT2D eigenvalue weighted by atomic mass is 9.96. The van der Waals surface area contributed by atoms with Gasteiger partial charge in [0.2, 0.25) is 0 Å². The molecule has 1 aliphatic rings. The highest BCUT2D eigenvalue weighted by molar-refractivity contribution is 6.18. The van der Waals surface area contributed by atoms with Gasteiger partial charge >= 0.3 is 0 Å². The molecule has 1 aliphatic heterocycles. The summed E-state index contributed by atoms with van der Waals surface area (Å²) in [7, 11) is 0. The lowest BCUT2D eigenvalue weighted by Crippen LogP contribution is -2.46. The molecule has 1 saturated heterocycles. The van der Waals surface area contributed by atoms with Crippen molar-refractivity contribution in [2.75, 3.05) is 38.6 Å². The molecule has 0 bridgehead atoms. The van der Waals surface area contributed by atoms with Gasteiger partial charge in [0, 0.05) is 44.8 Å². The Bertz CT molecular complexity index is 816. The van der Waals surface area contributed by atoms with Crippen molar-refractivity contribution in [1.82, 2.24) is 15.1 Å². The molecular weight excluding hydrogens is 384 g/mol. The molecule has 3 rings (SSSR count). The lowest BCUT2D eigenvalue weighted by Gasteiger charge is -2.39. The normalized spacial score (nSPS) is 15.2. The average molecular weight is 409 g/mol. The molecule has 29 heavy (non-hydrogen) atoms. The van der Waals surface area contributed by atoms with E-state index in [0.717, 1.165) is 26.2 Å². The molecule has 0 unspecified atom stereocenters. The number of carbonyl (C=O) groups is 1. The van der Waals surface area contributed by atoms with Crippen LogP contribution in [0.1, 0.15) is 17.2 Å².